The van der Waals surface area contributed by atoms with E-state index in [9.17, 15) is 9.90 Å². The third-order valence-corrected chi connectivity index (χ3v) is 8.39. The van der Waals surface area contributed by atoms with E-state index in [-0.39, 0.29) is 5.41 Å². The number of fused-ring (bicyclic) bond motifs is 5. The van der Waals surface area contributed by atoms with E-state index >= 15 is 0 Å². The van der Waals surface area contributed by atoms with E-state index < -0.39 is 5.60 Å². The molecule has 7 atom stereocenters. The topological polar surface area (TPSA) is 37.3 Å². The zero-order chi connectivity index (χ0) is 18.0. The lowest BCUT2D eigenvalue weighted by Crippen LogP contribution is -2.60. The van der Waals surface area contributed by atoms with Crippen LogP contribution < -0.4 is 0 Å². The second-order valence-corrected chi connectivity index (χ2v) is 9.37. The van der Waals surface area contributed by atoms with E-state index in [2.05, 4.69) is 19.8 Å². The minimum absolute atomic E-state index is 0.298. The maximum absolute atomic E-state index is 11.9. The standard InChI is InChI=1S/C22H27ClO2/c1-4-22(25)19(23)8-7-18-20-13(2)11-14-12-15(24)5-6-16(14)17(20)9-10-21(18,22)3/h1,8,12-13,16-18,20,25H,5-7,9-11H2,2-3H3/t13-,16+,17-,18+,20-,21+,22+/m1/s1. The minimum atomic E-state index is -1.35. The highest BCUT2D eigenvalue weighted by Gasteiger charge is 2.61. The van der Waals surface area contributed by atoms with Gasteiger partial charge < -0.3 is 5.11 Å². The number of hydrogen-bond acceptors (Lipinski definition) is 2. The summed E-state index contributed by atoms with van der Waals surface area (Å²) in [6.07, 6.45) is 15.2. The lowest BCUT2D eigenvalue weighted by Gasteiger charge is -2.61. The molecule has 0 unspecified atom stereocenters. The molecule has 0 aliphatic heterocycles. The van der Waals surface area contributed by atoms with Gasteiger partial charge in [0.1, 0.15) is 0 Å². The molecule has 4 rings (SSSR count). The Morgan fingerprint density at radius 1 is 1.40 bits per heavy atom. The predicted molar refractivity (Wildman–Crippen MR) is 99.7 cm³/mol. The predicted octanol–water partition coefficient (Wildman–Crippen LogP) is 4.47. The third kappa shape index (κ3) is 2.25. The molecule has 0 aromatic carbocycles. The number of terminal acetylenes is 1. The van der Waals surface area contributed by atoms with Crippen LogP contribution in [-0.2, 0) is 4.79 Å². The Morgan fingerprint density at radius 2 is 2.16 bits per heavy atom. The largest absolute Gasteiger partial charge is 0.372 e. The van der Waals surface area contributed by atoms with Gasteiger partial charge in [-0.25, -0.2) is 0 Å². The van der Waals surface area contributed by atoms with Crippen LogP contribution in [-0.4, -0.2) is 16.5 Å². The van der Waals surface area contributed by atoms with Crippen LogP contribution in [0.1, 0.15) is 52.4 Å². The van der Waals surface area contributed by atoms with Crippen molar-refractivity contribution in [1.29, 1.82) is 0 Å². The molecule has 4 aliphatic rings. The first-order valence-electron chi connectivity index (χ1n) is 9.61. The second kappa shape index (κ2) is 5.73. The first-order chi connectivity index (χ1) is 11.8. The molecule has 0 saturated heterocycles. The number of rotatable bonds is 0. The maximum atomic E-state index is 11.9. The van der Waals surface area contributed by atoms with Gasteiger partial charge >= 0.3 is 0 Å². The molecule has 3 heteroatoms. The third-order valence-electron chi connectivity index (χ3n) is 7.96. The van der Waals surface area contributed by atoms with E-state index in [0.29, 0.717) is 46.8 Å². The number of allylic oxidation sites excluding steroid dienone is 3. The first kappa shape index (κ1) is 17.4. The molecule has 4 aliphatic carbocycles. The normalized spacial score (nSPS) is 49.1. The number of carbonyl (C=O) groups is 1. The Bertz CT molecular complexity index is 714. The number of ketones is 1. The molecule has 0 bridgehead atoms. The summed E-state index contributed by atoms with van der Waals surface area (Å²) in [5.74, 6) is 5.49. The first-order valence-corrected chi connectivity index (χ1v) is 9.99. The Labute approximate surface area is 155 Å². The monoisotopic (exact) mass is 358 g/mol. The molecule has 25 heavy (non-hydrogen) atoms. The van der Waals surface area contributed by atoms with E-state index in [0.717, 1.165) is 32.1 Å². The average Bonchev–Trinajstić information content (AvgIpc) is 2.58. The summed E-state index contributed by atoms with van der Waals surface area (Å²) in [7, 11) is 0. The van der Waals surface area contributed by atoms with Crippen molar-refractivity contribution in [3.63, 3.8) is 0 Å². The molecule has 134 valence electrons. The molecule has 0 heterocycles. The van der Waals surface area contributed by atoms with Crippen molar-refractivity contribution in [3.05, 3.63) is 22.8 Å². The summed E-state index contributed by atoms with van der Waals surface area (Å²) in [5.41, 5.74) is -0.333. The molecular formula is C22H27ClO2. The molecule has 2 fully saturated rings. The van der Waals surface area contributed by atoms with Crippen LogP contribution >= 0.6 is 11.6 Å². The molecule has 0 radical (unpaired) electrons. The van der Waals surface area contributed by atoms with Gasteiger partial charge in [-0.05, 0) is 67.8 Å². The second-order valence-electron chi connectivity index (χ2n) is 8.96. The number of carbonyl (C=O) groups excluding carboxylic acids is 1. The summed E-state index contributed by atoms with van der Waals surface area (Å²) in [6.45, 7) is 4.46. The summed E-state index contributed by atoms with van der Waals surface area (Å²) in [4.78, 5) is 11.9. The summed E-state index contributed by atoms with van der Waals surface area (Å²) < 4.78 is 0. The fourth-order valence-corrected chi connectivity index (χ4v) is 7.04. The molecule has 1 N–H and O–H groups in total. The Balaban J connectivity index is 1.75. The molecule has 2 saturated carbocycles. The summed E-state index contributed by atoms with van der Waals surface area (Å²) in [6, 6.07) is 0. The highest BCUT2D eigenvalue weighted by molar-refractivity contribution is 6.31. The fourth-order valence-electron chi connectivity index (χ4n) is 6.68. The number of aliphatic hydroxyl groups is 1. The smallest absolute Gasteiger partial charge is 0.166 e. The van der Waals surface area contributed by atoms with E-state index in [1.54, 1.807) is 0 Å². The van der Waals surface area contributed by atoms with Gasteiger partial charge in [0.2, 0.25) is 0 Å². The van der Waals surface area contributed by atoms with Gasteiger partial charge in [0.15, 0.2) is 11.4 Å². The highest BCUT2D eigenvalue weighted by atomic mass is 35.5. The van der Waals surface area contributed by atoms with E-state index in [1.165, 1.54) is 5.57 Å². The van der Waals surface area contributed by atoms with Crippen LogP contribution in [0, 0.1) is 47.3 Å². The van der Waals surface area contributed by atoms with Crippen LogP contribution in [0.25, 0.3) is 0 Å². The molecule has 0 amide bonds. The van der Waals surface area contributed by atoms with Crippen LogP contribution in [0.3, 0.4) is 0 Å². The van der Waals surface area contributed by atoms with Crippen molar-refractivity contribution >= 4 is 17.4 Å². The van der Waals surface area contributed by atoms with E-state index in [1.807, 2.05) is 12.2 Å². The van der Waals surface area contributed by atoms with Crippen molar-refractivity contribution < 1.29 is 9.90 Å². The highest BCUT2D eigenvalue weighted by Crippen LogP contribution is 2.64. The van der Waals surface area contributed by atoms with Crippen LogP contribution in [0.2, 0.25) is 0 Å². The molecule has 0 aromatic heterocycles. The van der Waals surface area contributed by atoms with Gasteiger partial charge in [0.25, 0.3) is 0 Å². The van der Waals surface area contributed by atoms with Crippen molar-refractivity contribution in [2.75, 3.05) is 0 Å². The maximum Gasteiger partial charge on any atom is 0.166 e. The van der Waals surface area contributed by atoms with E-state index in [4.69, 9.17) is 18.0 Å². The molecule has 0 spiro atoms. The van der Waals surface area contributed by atoms with Gasteiger partial charge in [0, 0.05) is 11.8 Å². The Kier molecular flexibility index (Phi) is 3.98. The SMILES string of the molecule is C#C[C@]1(O)C(Cl)=CC[C@H]2[C@H]3[C@H](CC[C@@]21C)[C@H]1CCC(=O)C=C1C[C@H]3C. The van der Waals surface area contributed by atoms with Crippen molar-refractivity contribution in [1.82, 2.24) is 0 Å². The number of halogens is 1. The van der Waals surface area contributed by atoms with Gasteiger partial charge in [-0.3, -0.25) is 4.79 Å². The lowest BCUT2D eigenvalue weighted by atomic mass is 9.44. The molecule has 2 nitrogen and oxygen atoms in total. The molecule has 0 aromatic rings. The number of hydrogen-bond donors (Lipinski definition) is 1. The van der Waals surface area contributed by atoms with Crippen molar-refractivity contribution in [2.45, 2.75) is 58.0 Å². The zero-order valence-electron chi connectivity index (χ0n) is 15.1. The van der Waals surface area contributed by atoms with Crippen LogP contribution in [0.15, 0.2) is 22.8 Å². The summed E-state index contributed by atoms with van der Waals surface area (Å²) in [5, 5.41) is 11.7. The van der Waals surface area contributed by atoms with Crippen molar-refractivity contribution in [2.24, 2.45) is 35.0 Å². The van der Waals surface area contributed by atoms with Crippen LogP contribution in [0.4, 0.5) is 0 Å². The van der Waals surface area contributed by atoms with Crippen LogP contribution in [0.5, 0.6) is 0 Å². The Morgan fingerprint density at radius 3 is 2.88 bits per heavy atom. The average molecular weight is 359 g/mol. The van der Waals surface area contributed by atoms with Gasteiger partial charge in [0.05, 0.1) is 5.03 Å². The van der Waals surface area contributed by atoms with Gasteiger partial charge in [-0.1, -0.05) is 43.0 Å². The quantitative estimate of drug-likeness (QED) is 0.648. The van der Waals surface area contributed by atoms with Gasteiger partial charge in [-0.15, -0.1) is 6.42 Å². The lowest BCUT2D eigenvalue weighted by molar-refractivity contribution is -0.128. The fraction of sp³-hybridized carbons (Fsp3) is 0.682. The molecular weight excluding hydrogens is 332 g/mol. The van der Waals surface area contributed by atoms with Crippen molar-refractivity contribution in [3.8, 4) is 12.3 Å². The summed E-state index contributed by atoms with van der Waals surface area (Å²) >= 11 is 6.39. The Hall–Kier alpha value is -1.04. The van der Waals surface area contributed by atoms with Gasteiger partial charge in [-0.2, -0.15) is 0 Å². The zero-order valence-corrected chi connectivity index (χ0v) is 15.9. The minimum Gasteiger partial charge on any atom is -0.372 e.